The number of rotatable bonds is 1. The minimum atomic E-state index is 0.198. The van der Waals surface area contributed by atoms with Crippen LogP contribution in [0.5, 0.6) is 0 Å². The quantitative estimate of drug-likeness (QED) is 0.715. The summed E-state index contributed by atoms with van der Waals surface area (Å²) in [5, 5.41) is 3.25. The number of hydrogen-bond donors (Lipinski definition) is 2. The van der Waals surface area contributed by atoms with Crippen LogP contribution in [0.4, 0.5) is 5.82 Å². The van der Waals surface area contributed by atoms with E-state index in [0.29, 0.717) is 4.77 Å². The van der Waals surface area contributed by atoms with Crippen LogP contribution in [-0.4, -0.2) is 23.1 Å². The molecule has 2 N–H and O–H groups in total. The van der Waals surface area contributed by atoms with Crippen molar-refractivity contribution in [2.75, 3.05) is 18.5 Å². The molecule has 0 spiro atoms. The van der Waals surface area contributed by atoms with Gasteiger partial charge in [0.15, 0.2) is 4.77 Å². The Bertz CT molecular complexity index is 437. The van der Waals surface area contributed by atoms with Gasteiger partial charge in [-0.3, -0.25) is 0 Å². The van der Waals surface area contributed by atoms with E-state index in [-0.39, 0.29) is 6.10 Å². The van der Waals surface area contributed by atoms with Gasteiger partial charge in [0.25, 0.3) is 0 Å². The second kappa shape index (κ2) is 3.57. The van der Waals surface area contributed by atoms with E-state index < -0.39 is 0 Å². The number of aromatic amines is 1. The van der Waals surface area contributed by atoms with E-state index >= 15 is 0 Å². The minimum Gasteiger partial charge on any atom is -0.372 e. The molecular formula is C10H13N3OS. The lowest BCUT2D eigenvalue weighted by molar-refractivity contribution is 0.108. The van der Waals surface area contributed by atoms with Crippen molar-refractivity contribution in [2.24, 2.45) is 0 Å². The maximum Gasteiger partial charge on any atom is 0.199 e. The molecule has 80 valence electrons. The van der Waals surface area contributed by atoms with Gasteiger partial charge < -0.3 is 15.0 Å². The van der Waals surface area contributed by atoms with Gasteiger partial charge in [-0.05, 0) is 31.5 Å². The molecule has 0 aliphatic carbocycles. The Kier molecular flexibility index (Phi) is 2.21. The molecule has 0 radical (unpaired) electrons. The molecule has 0 bridgehead atoms. The molecule has 3 heterocycles. The lowest BCUT2D eigenvalue weighted by atomic mass is 10.1. The van der Waals surface area contributed by atoms with Gasteiger partial charge in [-0.2, -0.15) is 0 Å². The topological polar surface area (TPSA) is 49.9 Å². The lowest BCUT2D eigenvalue weighted by Gasteiger charge is -2.13. The fraction of sp³-hybridized carbons (Fsp3) is 0.600. The molecule has 5 heteroatoms. The summed E-state index contributed by atoms with van der Waals surface area (Å²) in [6.45, 7) is 1.81. The highest BCUT2D eigenvalue weighted by Crippen LogP contribution is 2.33. The monoisotopic (exact) mass is 223 g/mol. The van der Waals surface area contributed by atoms with E-state index in [1.165, 1.54) is 5.56 Å². The summed E-state index contributed by atoms with van der Waals surface area (Å²) < 4.78 is 6.24. The highest BCUT2D eigenvalue weighted by Gasteiger charge is 2.25. The zero-order valence-electron chi connectivity index (χ0n) is 8.38. The molecule has 4 nitrogen and oxygen atoms in total. The van der Waals surface area contributed by atoms with Gasteiger partial charge in [-0.15, -0.1) is 0 Å². The predicted octanol–water partition coefficient (Wildman–Crippen LogP) is 1.96. The molecule has 0 aromatic carbocycles. The van der Waals surface area contributed by atoms with Gasteiger partial charge in [-0.25, -0.2) is 4.98 Å². The van der Waals surface area contributed by atoms with E-state index in [2.05, 4.69) is 15.3 Å². The molecule has 2 aliphatic rings. The van der Waals surface area contributed by atoms with Crippen LogP contribution >= 0.6 is 12.2 Å². The van der Waals surface area contributed by atoms with Crippen molar-refractivity contribution in [3.63, 3.8) is 0 Å². The van der Waals surface area contributed by atoms with E-state index in [4.69, 9.17) is 17.0 Å². The van der Waals surface area contributed by atoms with Crippen LogP contribution in [0.15, 0.2) is 0 Å². The third-order valence-electron chi connectivity index (χ3n) is 2.99. The first kappa shape index (κ1) is 9.30. The van der Waals surface area contributed by atoms with Crippen molar-refractivity contribution in [1.82, 2.24) is 9.97 Å². The summed E-state index contributed by atoms with van der Waals surface area (Å²) in [5.74, 6) is 0.948. The summed E-state index contributed by atoms with van der Waals surface area (Å²) in [7, 11) is 0. The number of fused-ring (bicyclic) bond motifs is 1. The Balaban J connectivity index is 2.09. The normalized spacial score (nSPS) is 23.9. The summed E-state index contributed by atoms with van der Waals surface area (Å²) in [6, 6.07) is 0. The van der Waals surface area contributed by atoms with E-state index in [1.54, 1.807) is 0 Å². The van der Waals surface area contributed by atoms with Gasteiger partial charge in [0.05, 0.1) is 11.8 Å². The fourth-order valence-corrected chi connectivity index (χ4v) is 2.50. The molecule has 0 amide bonds. The largest absolute Gasteiger partial charge is 0.372 e. The Morgan fingerprint density at radius 3 is 3.20 bits per heavy atom. The zero-order chi connectivity index (χ0) is 10.3. The lowest BCUT2D eigenvalue weighted by Crippen LogP contribution is -2.05. The van der Waals surface area contributed by atoms with Crippen molar-refractivity contribution in [3.8, 4) is 0 Å². The standard InChI is InChI=1S/C10H13N3OS/c15-10-12-8(7-2-1-5-14-7)6-3-4-11-9(6)13-10/h7H,1-5H2,(H2,11,12,13,15). The SMILES string of the molecule is S=c1nc2c(c(C3CCCO3)[nH]1)CCN2. The van der Waals surface area contributed by atoms with Gasteiger partial charge in [0.1, 0.15) is 5.82 Å². The number of ether oxygens (including phenoxy) is 1. The van der Waals surface area contributed by atoms with Crippen molar-refractivity contribution >= 4 is 18.0 Å². The van der Waals surface area contributed by atoms with E-state index in [1.807, 2.05) is 0 Å². The third kappa shape index (κ3) is 1.55. The molecule has 1 atom stereocenters. The van der Waals surface area contributed by atoms with Crippen molar-refractivity contribution in [1.29, 1.82) is 0 Å². The predicted molar refractivity (Wildman–Crippen MR) is 59.5 cm³/mol. The summed E-state index contributed by atoms with van der Waals surface area (Å²) >= 11 is 5.11. The summed E-state index contributed by atoms with van der Waals surface area (Å²) in [5.41, 5.74) is 2.41. The minimum absolute atomic E-state index is 0.198. The summed E-state index contributed by atoms with van der Waals surface area (Å²) in [4.78, 5) is 7.47. The Morgan fingerprint density at radius 1 is 1.47 bits per heavy atom. The number of aromatic nitrogens is 2. The average Bonchev–Trinajstić information content (AvgIpc) is 2.86. The van der Waals surface area contributed by atoms with Crippen LogP contribution in [-0.2, 0) is 11.2 Å². The number of anilines is 1. The van der Waals surface area contributed by atoms with Crippen LogP contribution in [0.1, 0.15) is 30.2 Å². The van der Waals surface area contributed by atoms with Crippen LogP contribution in [0.3, 0.4) is 0 Å². The molecule has 1 aromatic heterocycles. The molecular weight excluding hydrogens is 210 g/mol. The van der Waals surface area contributed by atoms with E-state index in [0.717, 1.165) is 43.9 Å². The highest BCUT2D eigenvalue weighted by molar-refractivity contribution is 7.71. The fourth-order valence-electron chi connectivity index (χ4n) is 2.30. The Hall–Kier alpha value is -0.940. The number of nitrogens with one attached hydrogen (secondary N) is 2. The van der Waals surface area contributed by atoms with Crippen LogP contribution in [0.25, 0.3) is 0 Å². The number of H-pyrrole nitrogens is 1. The summed E-state index contributed by atoms with van der Waals surface area (Å²) in [6.07, 6.45) is 3.43. The first-order valence-corrected chi connectivity index (χ1v) is 5.74. The molecule has 0 saturated carbocycles. The molecule has 1 aromatic rings. The van der Waals surface area contributed by atoms with E-state index in [9.17, 15) is 0 Å². The van der Waals surface area contributed by atoms with Crippen LogP contribution < -0.4 is 5.32 Å². The zero-order valence-corrected chi connectivity index (χ0v) is 9.19. The maximum atomic E-state index is 5.69. The second-order valence-electron chi connectivity index (χ2n) is 3.96. The molecule has 3 rings (SSSR count). The molecule has 1 unspecified atom stereocenters. The van der Waals surface area contributed by atoms with Gasteiger partial charge in [-0.1, -0.05) is 0 Å². The molecule has 1 fully saturated rings. The van der Waals surface area contributed by atoms with Gasteiger partial charge >= 0.3 is 0 Å². The van der Waals surface area contributed by atoms with Crippen molar-refractivity contribution in [2.45, 2.75) is 25.4 Å². The molecule has 1 saturated heterocycles. The maximum absolute atomic E-state index is 5.69. The molecule has 15 heavy (non-hydrogen) atoms. The van der Waals surface area contributed by atoms with Crippen molar-refractivity contribution in [3.05, 3.63) is 16.0 Å². The smallest absolute Gasteiger partial charge is 0.199 e. The van der Waals surface area contributed by atoms with Gasteiger partial charge in [0, 0.05) is 18.7 Å². The van der Waals surface area contributed by atoms with Crippen LogP contribution in [0.2, 0.25) is 0 Å². The second-order valence-corrected chi connectivity index (χ2v) is 4.35. The first-order chi connectivity index (χ1) is 7.34. The van der Waals surface area contributed by atoms with Crippen LogP contribution in [0, 0.1) is 4.77 Å². The van der Waals surface area contributed by atoms with Crippen molar-refractivity contribution < 1.29 is 4.74 Å². The molecule has 2 aliphatic heterocycles. The van der Waals surface area contributed by atoms with Gasteiger partial charge in [0.2, 0.25) is 0 Å². The number of nitrogens with zero attached hydrogens (tertiary/aromatic N) is 1. The Labute approximate surface area is 93.1 Å². The third-order valence-corrected chi connectivity index (χ3v) is 3.18. The Morgan fingerprint density at radius 2 is 2.40 bits per heavy atom. The first-order valence-electron chi connectivity index (χ1n) is 5.33. The highest BCUT2D eigenvalue weighted by atomic mass is 32.1. The average molecular weight is 223 g/mol. The number of hydrogen-bond acceptors (Lipinski definition) is 4.